The minimum absolute atomic E-state index is 0.436. The topological polar surface area (TPSA) is 29.3 Å². The first-order valence-corrected chi connectivity index (χ1v) is 6.21. The van der Waals surface area contributed by atoms with Gasteiger partial charge in [0.15, 0.2) is 0 Å². The Bertz CT molecular complexity index is 175. The predicted octanol–water partition coefficient (Wildman–Crippen LogP) is 1.85. The van der Waals surface area contributed by atoms with Crippen molar-refractivity contribution in [3.63, 3.8) is 0 Å². The first-order valence-electron chi connectivity index (χ1n) is 6.21. The largest absolute Gasteiger partial charge is 0.326 e. The molecule has 0 aromatic carbocycles. The van der Waals surface area contributed by atoms with Crippen molar-refractivity contribution >= 4 is 0 Å². The molecule has 1 aliphatic heterocycles. The molecule has 2 aliphatic rings. The third kappa shape index (κ3) is 2.29. The minimum atomic E-state index is 0.436. The zero-order valence-electron chi connectivity index (χ0n) is 9.41. The van der Waals surface area contributed by atoms with Gasteiger partial charge in [0, 0.05) is 12.6 Å². The van der Waals surface area contributed by atoms with Gasteiger partial charge in [-0.2, -0.15) is 0 Å². The van der Waals surface area contributed by atoms with Crippen molar-refractivity contribution in [1.29, 1.82) is 0 Å². The van der Waals surface area contributed by atoms with Gasteiger partial charge in [0.05, 0.1) is 0 Å². The first-order chi connectivity index (χ1) is 6.77. The lowest BCUT2D eigenvalue weighted by Gasteiger charge is -2.28. The number of likely N-dealkylation sites (tertiary alicyclic amines) is 1. The highest BCUT2D eigenvalue weighted by molar-refractivity contribution is 4.86. The van der Waals surface area contributed by atoms with E-state index >= 15 is 0 Å². The lowest BCUT2D eigenvalue weighted by Crippen LogP contribution is -2.40. The van der Waals surface area contributed by atoms with E-state index in [0.717, 1.165) is 18.4 Å². The van der Waals surface area contributed by atoms with Gasteiger partial charge in [-0.1, -0.05) is 25.7 Å². The molecule has 14 heavy (non-hydrogen) atoms. The fourth-order valence-electron chi connectivity index (χ4n) is 3.37. The Kier molecular flexibility index (Phi) is 3.45. The van der Waals surface area contributed by atoms with Crippen molar-refractivity contribution in [2.24, 2.45) is 17.6 Å². The Morgan fingerprint density at radius 1 is 1.07 bits per heavy atom. The van der Waals surface area contributed by atoms with Gasteiger partial charge in [-0.3, -0.25) is 0 Å². The van der Waals surface area contributed by atoms with E-state index in [1.165, 1.54) is 45.1 Å². The summed E-state index contributed by atoms with van der Waals surface area (Å²) in [4.78, 5) is 2.40. The normalized spacial score (nSPS) is 37.3. The molecule has 2 fully saturated rings. The molecule has 0 aromatic heterocycles. The summed E-state index contributed by atoms with van der Waals surface area (Å²) in [5.41, 5.74) is 6.31. The van der Waals surface area contributed by atoms with Gasteiger partial charge in [-0.15, -0.1) is 0 Å². The van der Waals surface area contributed by atoms with E-state index in [-0.39, 0.29) is 0 Å². The van der Waals surface area contributed by atoms with Crippen LogP contribution in [-0.2, 0) is 0 Å². The standard InChI is InChI=1S/C12H24N2/c1-14-8-4-7-11(12(13)9-14)10-5-2-3-6-10/h10-12H,2-9,13H2,1H3. The molecule has 82 valence electrons. The van der Waals surface area contributed by atoms with E-state index in [1.807, 2.05) is 0 Å². The highest BCUT2D eigenvalue weighted by atomic mass is 15.1. The quantitative estimate of drug-likeness (QED) is 0.693. The molecule has 0 spiro atoms. The van der Waals surface area contributed by atoms with Crippen molar-refractivity contribution in [3.05, 3.63) is 0 Å². The average Bonchev–Trinajstić information content (AvgIpc) is 2.59. The number of likely N-dealkylation sites (N-methyl/N-ethyl adjacent to an activating group) is 1. The molecule has 2 heteroatoms. The predicted molar refractivity (Wildman–Crippen MR) is 60.2 cm³/mol. The van der Waals surface area contributed by atoms with Crippen LogP contribution >= 0.6 is 0 Å². The van der Waals surface area contributed by atoms with Gasteiger partial charge in [0.2, 0.25) is 0 Å². The minimum Gasteiger partial charge on any atom is -0.326 e. The molecule has 2 rings (SSSR count). The maximum atomic E-state index is 6.31. The van der Waals surface area contributed by atoms with Gasteiger partial charge < -0.3 is 10.6 Å². The van der Waals surface area contributed by atoms with Gasteiger partial charge in [-0.05, 0) is 38.3 Å². The molecule has 1 saturated heterocycles. The zero-order chi connectivity index (χ0) is 9.97. The third-order valence-corrected chi connectivity index (χ3v) is 4.16. The second-order valence-electron chi connectivity index (χ2n) is 5.28. The maximum absolute atomic E-state index is 6.31. The van der Waals surface area contributed by atoms with Crippen LogP contribution in [0.25, 0.3) is 0 Å². The molecule has 0 radical (unpaired) electrons. The van der Waals surface area contributed by atoms with Gasteiger partial charge >= 0.3 is 0 Å². The van der Waals surface area contributed by atoms with Crippen molar-refractivity contribution in [2.75, 3.05) is 20.1 Å². The summed E-state index contributed by atoms with van der Waals surface area (Å²) in [7, 11) is 2.21. The number of nitrogens with zero attached hydrogens (tertiary/aromatic N) is 1. The van der Waals surface area contributed by atoms with Crippen molar-refractivity contribution in [3.8, 4) is 0 Å². The molecule has 2 atom stereocenters. The maximum Gasteiger partial charge on any atom is 0.0199 e. The molecule has 0 aromatic rings. The Balaban J connectivity index is 1.94. The van der Waals surface area contributed by atoms with Gasteiger partial charge in [0.25, 0.3) is 0 Å². The highest BCUT2D eigenvalue weighted by Gasteiger charge is 2.31. The van der Waals surface area contributed by atoms with Crippen LogP contribution in [-0.4, -0.2) is 31.1 Å². The molecule has 0 amide bonds. The summed E-state index contributed by atoms with van der Waals surface area (Å²) in [6.45, 7) is 2.36. The van der Waals surface area contributed by atoms with Gasteiger partial charge in [-0.25, -0.2) is 0 Å². The highest BCUT2D eigenvalue weighted by Crippen LogP contribution is 2.36. The van der Waals surface area contributed by atoms with Crippen molar-refractivity contribution in [2.45, 2.75) is 44.6 Å². The number of hydrogen-bond acceptors (Lipinski definition) is 2. The van der Waals surface area contributed by atoms with Crippen LogP contribution in [0.4, 0.5) is 0 Å². The van der Waals surface area contributed by atoms with Crippen LogP contribution < -0.4 is 5.73 Å². The van der Waals surface area contributed by atoms with Crippen LogP contribution in [0.3, 0.4) is 0 Å². The Morgan fingerprint density at radius 2 is 1.79 bits per heavy atom. The number of hydrogen-bond donors (Lipinski definition) is 1. The summed E-state index contributed by atoms with van der Waals surface area (Å²) < 4.78 is 0. The second kappa shape index (κ2) is 4.63. The first kappa shape index (κ1) is 10.4. The summed E-state index contributed by atoms with van der Waals surface area (Å²) in [6.07, 6.45) is 8.51. The molecule has 2 unspecified atom stereocenters. The molecular formula is C12H24N2. The summed E-state index contributed by atoms with van der Waals surface area (Å²) in [5, 5.41) is 0. The Hall–Kier alpha value is -0.0800. The van der Waals surface area contributed by atoms with E-state index in [2.05, 4.69) is 11.9 Å². The molecule has 0 bridgehead atoms. The van der Waals surface area contributed by atoms with Crippen LogP contribution in [0.2, 0.25) is 0 Å². The Labute approximate surface area is 87.8 Å². The van der Waals surface area contributed by atoms with Crippen molar-refractivity contribution < 1.29 is 0 Å². The molecule has 2 nitrogen and oxygen atoms in total. The summed E-state index contributed by atoms with van der Waals surface area (Å²) in [5.74, 6) is 1.78. The van der Waals surface area contributed by atoms with E-state index in [9.17, 15) is 0 Å². The lowest BCUT2D eigenvalue weighted by atomic mass is 9.82. The third-order valence-electron chi connectivity index (χ3n) is 4.16. The average molecular weight is 196 g/mol. The van der Waals surface area contributed by atoms with E-state index in [1.54, 1.807) is 0 Å². The summed E-state index contributed by atoms with van der Waals surface area (Å²) in [6, 6.07) is 0.436. The van der Waals surface area contributed by atoms with Crippen LogP contribution in [0.15, 0.2) is 0 Å². The fourth-order valence-corrected chi connectivity index (χ4v) is 3.37. The van der Waals surface area contributed by atoms with Crippen molar-refractivity contribution in [1.82, 2.24) is 4.90 Å². The van der Waals surface area contributed by atoms with Crippen LogP contribution in [0.5, 0.6) is 0 Å². The van der Waals surface area contributed by atoms with E-state index < -0.39 is 0 Å². The monoisotopic (exact) mass is 196 g/mol. The molecule has 1 heterocycles. The lowest BCUT2D eigenvalue weighted by molar-refractivity contribution is 0.254. The van der Waals surface area contributed by atoms with E-state index in [4.69, 9.17) is 5.73 Å². The summed E-state index contributed by atoms with van der Waals surface area (Å²) >= 11 is 0. The van der Waals surface area contributed by atoms with Crippen LogP contribution in [0, 0.1) is 11.8 Å². The Morgan fingerprint density at radius 3 is 2.50 bits per heavy atom. The number of nitrogens with two attached hydrogens (primary N) is 1. The van der Waals surface area contributed by atoms with Gasteiger partial charge in [0.1, 0.15) is 0 Å². The SMILES string of the molecule is CN1CCCC(C2CCCC2)C(N)C1. The molecule has 1 aliphatic carbocycles. The molecule has 1 saturated carbocycles. The fraction of sp³-hybridized carbons (Fsp3) is 1.00. The molecular weight excluding hydrogens is 172 g/mol. The van der Waals surface area contributed by atoms with Crippen LogP contribution in [0.1, 0.15) is 38.5 Å². The molecule has 2 N–H and O–H groups in total. The zero-order valence-corrected chi connectivity index (χ0v) is 9.41. The smallest absolute Gasteiger partial charge is 0.0199 e. The van der Waals surface area contributed by atoms with E-state index in [0.29, 0.717) is 6.04 Å². The second-order valence-corrected chi connectivity index (χ2v) is 5.28. The number of rotatable bonds is 1.